The van der Waals surface area contributed by atoms with Crippen LogP contribution < -0.4 is 0 Å². The first-order chi connectivity index (χ1) is 14.0. The quantitative estimate of drug-likeness (QED) is 0.787. The number of nitrogens with zero attached hydrogens (tertiary/aromatic N) is 3. The molecule has 5 heteroatoms. The second-order valence-electron chi connectivity index (χ2n) is 9.76. The molecule has 1 spiro atoms. The van der Waals surface area contributed by atoms with E-state index in [-0.39, 0.29) is 16.9 Å². The third-order valence-electron chi connectivity index (χ3n) is 7.91. The summed E-state index contributed by atoms with van der Waals surface area (Å²) in [6.45, 7) is 7.12. The Morgan fingerprint density at radius 1 is 0.862 bits per heavy atom. The molecule has 1 aromatic carbocycles. The van der Waals surface area contributed by atoms with E-state index < -0.39 is 0 Å². The van der Waals surface area contributed by atoms with Crippen LogP contribution >= 0.6 is 0 Å². The number of hydrogen-bond donors (Lipinski definition) is 0. The lowest BCUT2D eigenvalue weighted by Crippen LogP contribution is -2.69. The predicted molar refractivity (Wildman–Crippen MR) is 113 cm³/mol. The number of amides is 2. The van der Waals surface area contributed by atoms with Crippen LogP contribution in [-0.4, -0.2) is 71.3 Å². The highest BCUT2D eigenvalue weighted by Gasteiger charge is 2.56. The summed E-state index contributed by atoms with van der Waals surface area (Å²) >= 11 is 0. The molecule has 5 rings (SSSR count). The van der Waals surface area contributed by atoms with Crippen molar-refractivity contribution < 1.29 is 9.59 Å². The molecule has 29 heavy (non-hydrogen) atoms. The molecular weight excluding hydrogens is 362 g/mol. The number of benzene rings is 1. The fraction of sp³-hybridized carbons (Fsp3) is 0.667. The Labute approximate surface area is 174 Å². The van der Waals surface area contributed by atoms with Crippen molar-refractivity contribution in [1.82, 2.24) is 14.7 Å². The van der Waals surface area contributed by atoms with Gasteiger partial charge in [-0.3, -0.25) is 14.5 Å². The van der Waals surface area contributed by atoms with E-state index in [0.717, 1.165) is 77.7 Å². The molecule has 3 heterocycles. The highest BCUT2D eigenvalue weighted by molar-refractivity contribution is 5.91. The molecular formula is C24H33N3O2. The number of likely N-dealkylation sites (tertiary alicyclic amines) is 3. The van der Waals surface area contributed by atoms with Crippen molar-refractivity contribution in [2.75, 3.05) is 39.3 Å². The van der Waals surface area contributed by atoms with Crippen LogP contribution in [0, 0.1) is 6.92 Å². The molecule has 1 aromatic rings. The van der Waals surface area contributed by atoms with Crippen molar-refractivity contribution in [3.8, 4) is 0 Å². The minimum atomic E-state index is -0.286. The molecule has 5 nitrogen and oxygen atoms in total. The SMILES string of the molecule is Cc1ccc(C2(C(=O)N3CCC[C@@]4(CCN4CC(=O)N4CCCC4)C3)CC2)cc1. The van der Waals surface area contributed by atoms with Crippen molar-refractivity contribution >= 4 is 11.8 Å². The molecule has 0 unspecified atom stereocenters. The lowest BCUT2D eigenvalue weighted by Gasteiger charge is -2.57. The average Bonchev–Trinajstić information content (AvgIpc) is 3.36. The van der Waals surface area contributed by atoms with Crippen LogP contribution in [0.25, 0.3) is 0 Å². The third kappa shape index (κ3) is 3.27. The summed E-state index contributed by atoms with van der Waals surface area (Å²) in [5.74, 6) is 0.599. The highest BCUT2D eigenvalue weighted by Crippen LogP contribution is 2.51. The third-order valence-corrected chi connectivity index (χ3v) is 7.91. The number of carbonyl (C=O) groups excluding carboxylic acids is 2. The Balaban J connectivity index is 1.27. The van der Waals surface area contributed by atoms with Gasteiger partial charge in [0.1, 0.15) is 0 Å². The number of piperidine rings is 1. The number of rotatable bonds is 4. The Bertz CT molecular complexity index is 795. The molecule has 3 aliphatic heterocycles. The lowest BCUT2D eigenvalue weighted by atomic mass is 9.77. The van der Waals surface area contributed by atoms with Gasteiger partial charge in [0, 0.05) is 38.3 Å². The Kier molecular flexibility index (Phi) is 4.69. The van der Waals surface area contributed by atoms with Crippen LogP contribution in [0.1, 0.15) is 56.1 Å². The van der Waals surface area contributed by atoms with Gasteiger partial charge in [-0.25, -0.2) is 0 Å². The van der Waals surface area contributed by atoms with Crippen molar-refractivity contribution in [3.05, 3.63) is 35.4 Å². The van der Waals surface area contributed by atoms with E-state index in [9.17, 15) is 9.59 Å². The maximum atomic E-state index is 13.6. The number of hydrogen-bond acceptors (Lipinski definition) is 3. The molecule has 0 radical (unpaired) electrons. The van der Waals surface area contributed by atoms with Crippen molar-refractivity contribution in [2.45, 2.75) is 62.8 Å². The molecule has 4 fully saturated rings. The topological polar surface area (TPSA) is 43.9 Å². The summed E-state index contributed by atoms with van der Waals surface area (Å²) in [6, 6.07) is 8.53. The van der Waals surface area contributed by atoms with Crippen LogP contribution in [-0.2, 0) is 15.0 Å². The van der Waals surface area contributed by atoms with E-state index in [4.69, 9.17) is 0 Å². The maximum Gasteiger partial charge on any atom is 0.236 e. The number of carbonyl (C=O) groups is 2. The average molecular weight is 396 g/mol. The molecule has 1 saturated carbocycles. The molecule has 4 aliphatic rings. The summed E-state index contributed by atoms with van der Waals surface area (Å²) < 4.78 is 0. The van der Waals surface area contributed by atoms with Crippen molar-refractivity contribution in [2.24, 2.45) is 0 Å². The van der Waals surface area contributed by atoms with E-state index in [0.29, 0.717) is 12.5 Å². The van der Waals surface area contributed by atoms with Crippen molar-refractivity contribution in [1.29, 1.82) is 0 Å². The zero-order chi connectivity index (χ0) is 20.1. The lowest BCUT2D eigenvalue weighted by molar-refractivity contribution is -0.147. The highest BCUT2D eigenvalue weighted by atomic mass is 16.2. The van der Waals surface area contributed by atoms with E-state index in [1.807, 2.05) is 4.90 Å². The molecule has 0 aromatic heterocycles. The van der Waals surface area contributed by atoms with Gasteiger partial charge in [0.05, 0.1) is 12.0 Å². The van der Waals surface area contributed by atoms with Gasteiger partial charge in [-0.1, -0.05) is 29.8 Å². The molecule has 0 N–H and O–H groups in total. The zero-order valence-electron chi connectivity index (χ0n) is 17.7. The van der Waals surface area contributed by atoms with Gasteiger partial charge < -0.3 is 9.80 Å². The summed E-state index contributed by atoms with van der Waals surface area (Å²) in [5, 5.41) is 0. The summed E-state index contributed by atoms with van der Waals surface area (Å²) in [4.78, 5) is 32.8. The first-order valence-corrected chi connectivity index (χ1v) is 11.4. The van der Waals surface area contributed by atoms with Gasteiger partial charge in [-0.05, 0) is 57.4 Å². The molecule has 156 valence electrons. The second-order valence-corrected chi connectivity index (χ2v) is 9.76. The van der Waals surface area contributed by atoms with Gasteiger partial charge in [0.25, 0.3) is 0 Å². The Morgan fingerprint density at radius 3 is 2.17 bits per heavy atom. The van der Waals surface area contributed by atoms with Crippen LogP contribution in [0.15, 0.2) is 24.3 Å². The smallest absolute Gasteiger partial charge is 0.236 e. The van der Waals surface area contributed by atoms with Gasteiger partial charge in [-0.2, -0.15) is 0 Å². The minimum absolute atomic E-state index is 0.0344. The maximum absolute atomic E-state index is 13.6. The monoisotopic (exact) mass is 395 g/mol. The number of aryl methyl sites for hydroxylation is 1. The van der Waals surface area contributed by atoms with E-state index in [2.05, 4.69) is 41.0 Å². The molecule has 3 saturated heterocycles. The fourth-order valence-corrected chi connectivity index (χ4v) is 5.74. The second kappa shape index (κ2) is 7.12. The van der Waals surface area contributed by atoms with Gasteiger partial charge in [0.15, 0.2) is 0 Å². The van der Waals surface area contributed by atoms with Gasteiger partial charge in [-0.15, -0.1) is 0 Å². The minimum Gasteiger partial charge on any atom is -0.342 e. The zero-order valence-corrected chi connectivity index (χ0v) is 17.7. The van der Waals surface area contributed by atoms with Crippen LogP contribution in [0.3, 0.4) is 0 Å². The normalized spacial score (nSPS) is 28.4. The van der Waals surface area contributed by atoms with E-state index in [1.54, 1.807) is 0 Å². The summed E-state index contributed by atoms with van der Waals surface area (Å²) in [5.41, 5.74) is 2.17. The molecule has 2 amide bonds. The molecule has 0 bridgehead atoms. The Morgan fingerprint density at radius 2 is 1.55 bits per heavy atom. The van der Waals surface area contributed by atoms with E-state index >= 15 is 0 Å². The predicted octanol–water partition coefficient (Wildman–Crippen LogP) is 2.72. The largest absolute Gasteiger partial charge is 0.342 e. The summed E-state index contributed by atoms with van der Waals surface area (Å²) in [6.07, 6.45) is 7.49. The molecule has 1 aliphatic carbocycles. The Hall–Kier alpha value is -1.88. The fourth-order valence-electron chi connectivity index (χ4n) is 5.74. The first kappa shape index (κ1) is 19.1. The van der Waals surface area contributed by atoms with Crippen molar-refractivity contribution in [3.63, 3.8) is 0 Å². The van der Waals surface area contributed by atoms with Crippen LogP contribution in [0.5, 0.6) is 0 Å². The van der Waals surface area contributed by atoms with Gasteiger partial charge in [0.2, 0.25) is 11.8 Å². The van der Waals surface area contributed by atoms with Gasteiger partial charge >= 0.3 is 0 Å². The molecule has 1 atom stereocenters. The standard InChI is InChI=1S/C24H33N3O2/c1-19-5-7-20(8-6-19)24(10-11-24)22(29)26-15-4-9-23(18-26)12-16-27(23)17-21(28)25-13-2-3-14-25/h5-8H,2-4,9-18H2,1H3/t23-/m1/s1. The summed E-state index contributed by atoms with van der Waals surface area (Å²) in [7, 11) is 0. The van der Waals surface area contributed by atoms with E-state index in [1.165, 1.54) is 11.1 Å². The van der Waals surface area contributed by atoms with Crippen LogP contribution in [0.2, 0.25) is 0 Å². The first-order valence-electron chi connectivity index (χ1n) is 11.4. The van der Waals surface area contributed by atoms with Crippen LogP contribution in [0.4, 0.5) is 0 Å².